The third-order valence-electron chi connectivity index (χ3n) is 5.43. The van der Waals surface area contributed by atoms with Crippen molar-refractivity contribution in [1.82, 2.24) is 9.80 Å². The summed E-state index contributed by atoms with van der Waals surface area (Å²) in [6, 6.07) is 4.19. The Morgan fingerprint density at radius 2 is 2.10 bits per heavy atom. The maximum Gasteiger partial charge on any atom is 0.207 e. The van der Waals surface area contributed by atoms with Gasteiger partial charge in [-0.15, -0.1) is 23.1 Å². The van der Waals surface area contributed by atoms with Gasteiger partial charge in [0.2, 0.25) is 6.23 Å². The molecule has 2 aliphatic heterocycles. The van der Waals surface area contributed by atoms with Gasteiger partial charge >= 0.3 is 0 Å². The van der Waals surface area contributed by atoms with Crippen LogP contribution in [0.4, 0.5) is 0 Å². The number of likely N-dealkylation sites (N-methyl/N-ethyl adjacent to an activating group) is 1. The molecule has 3 heterocycles. The van der Waals surface area contributed by atoms with E-state index in [1.807, 2.05) is 32.5 Å². The molecule has 4 rings (SSSR count). The third-order valence-corrected chi connectivity index (χ3v) is 7.35. The van der Waals surface area contributed by atoms with Gasteiger partial charge in [0.05, 0.1) is 16.3 Å². The molecule has 0 bridgehead atoms. The molecule has 1 aliphatic carbocycles. The summed E-state index contributed by atoms with van der Waals surface area (Å²) in [6.07, 6.45) is 7.74. The lowest BCUT2D eigenvalue weighted by atomic mass is 10.0. The maximum absolute atomic E-state index is 6.13. The zero-order chi connectivity index (χ0) is 20.6. The van der Waals surface area contributed by atoms with Gasteiger partial charge in [-0.3, -0.25) is 4.90 Å². The van der Waals surface area contributed by atoms with Gasteiger partial charge in [-0.1, -0.05) is 31.6 Å². The van der Waals surface area contributed by atoms with E-state index >= 15 is 0 Å². The van der Waals surface area contributed by atoms with E-state index in [9.17, 15) is 0 Å². The molecule has 160 valence electrons. The number of ether oxygens (including phenoxy) is 2. The first kappa shape index (κ1) is 22.3. The Hall–Kier alpha value is -1.37. The normalized spacial score (nSPS) is 22.1. The van der Waals surface area contributed by atoms with Crippen LogP contribution in [0.2, 0.25) is 0 Å². The molecular formula is C23H34N2O2S2. The summed E-state index contributed by atoms with van der Waals surface area (Å²) >= 11 is 3.77. The molecule has 1 fully saturated rings. The van der Waals surface area contributed by atoms with Crippen molar-refractivity contribution in [3.05, 3.63) is 57.3 Å². The van der Waals surface area contributed by atoms with Gasteiger partial charge in [-0.2, -0.15) is 0 Å². The Morgan fingerprint density at radius 3 is 2.76 bits per heavy atom. The van der Waals surface area contributed by atoms with Crippen LogP contribution < -0.4 is 0 Å². The van der Waals surface area contributed by atoms with Gasteiger partial charge in [0.1, 0.15) is 12.4 Å². The number of rotatable bonds is 7. The number of nitrogens with zero attached hydrogens (tertiary/aromatic N) is 2. The number of allylic oxidation sites excluding steroid dienone is 4. The van der Waals surface area contributed by atoms with Crippen molar-refractivity contribution in [2.24, 2.45) is 0 Å². The molecule has 0 N–H and O–H groups in total. The van der Waals surface area contributed by atoms with Gasteiger partial charge in [0.25, 0.3) is 0 Å². The third kappa shape index (κ3) is 5.83. The van der Waals surface area contributed by atoms with Crippen molar-refractivity contribution < 1.29 is 9.47 Å². The highest BCUT2D eigenvalue weighted by Gasteiger charge is 2.31. The molecule has 4 nitrogen and oxygen atoms in total. The zero-order valence-corrected chi connectivity index (χ0v) is 19.8. The largest absolute Gasteiger partial charge is 0.492 e. The van der Waals surface area contributed by atoms with Crippen LogP contribution in [-0.4, -0.2) is 48.2 Å². The van der Waals surface area contributed by atoms with Crippen LogP contribution in [0, 0.1) is 0 Å². The van der Waals surface area contributed by atoms with Crippen LogP contribution in [-0.2, 0) is 9.47 Å². The summed E-state index contributed by atoms with van der Waals surface area (Å²) in [5.74, 6) is 4.54. The van der Waals surface area contributed by atoms with Crippen molar-refractivity contribution in [2.75, 3.05) is 38.4 Å². The van der Waals surface area contributed by atoms with Crippen LogP contribution in [0.5, 0.6) is 0 Å². The molecule has 0 amide bonds. The highest BCUT2D eigenvalue weighted by atomic mass is 32.2. The minimum Gasteiger partial charge on any atom is -0.492 e. The quantitative estimate of drug-likeness (QED) is 0.525. The molecule has 6 heteroatoms. The highest BCUT2D eigenvalue weighted by molar-refractivity contribution is 7.99. The van der Waals surface area contributed by atoms with Crippen LogP contribution >= 0.6 is 23.1 Å². The molecule has 1 atom stereocenters. The topological polar surface area (TPSA) is 24.9 Å². The molecule has 1 aromatic rings. The molecular weight excluding hydrogens is 400 g/mol. The van der Waals surface area contributed by atoms with Gasteiger partial charge in [-0.05, 0) is 37.3 Å². The van der Waals surface area contributed by atoms with E-state index in [1.165, 1.54) is 36.0 Å². The van der Waals surface area contributed by atoms with E-state index in [0.717, 1.165) is 30.1 Å². The fourth-order valence-electron chi connectivity index (χ4n) is 3.67. The number of thiophene rings is 1. The Labute approximate surface area is 184 Å². The molecule has 0 saturated carbocycles. The van der Waals surface area contributed by atoms with E-state index in [4.69, 9.17) is 9.47 Å². The molecule has 0 radical (unpaired) electrons. The predicted octanol–water partition coefficient (Wildman–Crippen LogP) is 5.98. The number of thioether (sulfide) groups is 1. The molecule has 1 aromatic heterocycles. The van der Waals surface area contributed by atoms with Crippen molar-refractivity contribution in [1.29, 1.82) is 0 Å². The fourth-order valence-corrected chi connectivity index (χ4v) is 5.50. The SMILES string of the molecule is CC.CC1=C(COC2=CC=C(CCN3CCSC3)CC2)N(C)C(c2cccs2)O1. The first-order valence-electron chi connectivity index (χ1n) is 10.6. The average molecular weight is 435 g/mol. The Balaban J connectivity index is 0.00000117. The van der Waals surface area contributed by atoms with Crippen LogP contribution in [0.1, 0.15) is 51.1 Å². The van der Waals surface area contributed by atoms with Gasteiger partial charge in [-0.25, -0.2) is 0 Å². The first-order valence-corrected chi connectivity index (χ1v) is 12.7. The van der Waals surface area contributed by atoms with Crippen molar-refractivity contribution >= 4 is 23.1 Å². The summed E-state index contributed by atoms with van der Waals surface area (Å²) < 4.78 is 12.2. The van der Waals surface area contributed by atoms with Crippen molar-refractivity contribution in [3.8, 4) is 0 Å². The van der Waals surface area contributed by atoms with E-state index in [1.54, 1.807) is 16.9 Å². The lowest BCUT2D eigenvalue weighted by Gasteiger charge is -2.23. The van der Waals surface area contributed by atoms with Gasteiger partial charge in [0.15, 0.2) is 0 Å². The lowest BCUT2D eigenvalue weighted by molar-refractivity contribution is 0.0539. The summed E-state index contributed by atoms with van der Waals surface area (Å²) in [6.45, 7) is 9.05. The first-order chi connectivity index (χ1) is 14.2. The summed E-state index contributed by atoms with van der Waals surface area (Å²) in [5, 5.41) is 2.09. The summed E-state index contributed by atoms with van der Waals surface area (Å²) in [4.78, 5) is 5.98. The van der Waals surface area contributed by atoms with E-state index < -0.39 is 0 Å². The van der Waals surface area contributed by atoms with E-state index in [-0.39, 0.29) is 6.23 Å². The fraction of sp³-hybridized carbons (Fsp3) is 0.565. The molecule has 29 heavy (non-hydrogen) atoms. The second kappa shape index (κ2) is 11.1. The van der Waals surface area contributed by atoms with Crippen LogP contribution in [0.3, 0.4) is 0 Å². The summed E-state index contributed by atoms with van der Waals surface area (Å²) in [5.41, 5.74) is 2.68. The molecule has 1 unspecified atom stereocenters. The van der Waals surface area contributed by atoms with E-state index in [0.29, 0.717) is 6.61 Å². The molecule has 3 aliphatic rings. The van der Waals surface area contributed by atoms with Crippen LogP contribution in [0.15, 0.2) is 52.5 Å². The predicted molar refractivity (Wildman–Crippen MR) is 125 cm³/mol. The van der Waals surface area contributed by atoms with Gasteiger partial charge < -0.3 is 14.4 Å². The Kier molecular flexibility index (Phi) is 8.57. The zero-order valence-electron chi connectivity index (χ0n) is 18.1. The minimum atomic E-state index is -0.0146. The number of hydrogen-bond acceptors (Lipinski definition) is 6. The monoisotopic (exact) mass is 434 g/mol. The minimum absolute atomic E-state index is 0.0146. The summed E-state index contributed by atoms with van der Waals surface area (Å²) in [7, 11) is 2.09. The molecule has 1 saturated heterocycles. The smallest absolute Gasteiger partial charge is 0.207 e. The van der Waals surface area contributed by atoms with E-state index in [2.05, 4.69) is 46.5 Å². The standard InChI is InChI=1S/C21H28N2O2S2.C2H6/c1-16-19(22(2)21(25-16)20-4-3-12-27-20)14-24-18-7-5-17(6-8-18)9-10-23-11-13-26-15-23;1-2/h3-5,7,12,21H,6,8-11,13-15H2,1-2H3;1-2H3. The molecule has 0 spiro atoms. The number of hydrogen-bond donors (Lipinski definition) is 0. The van der Waals surface area contributed by atoms with Crippen molar-refractivity contribution in [2.45, 2.75) is 46.3 Å². The maximum atomic E-state index is 6.13. The van der Waals surface area contributed by atoms with Gasteiger partial charge in [0, 0.05) is 38.2 Å². The van der Waals surface area contributed by atoms with Crippen molar-refractivity contribution in [3.63, 3.8) is 0 Å². The van der Waals surface area contributed by atoms with Crippen LogP contribution in [0.25, 0.3) is 0 Å². The lowest BCUT2D eigenvalue weighted by Crippen LogP contribution is -2.22. The molecule has 0 aromatic carbocycles. The highest BCUT2D eigenvalue weighted by Crippen LogP contribution is 2.37. The second-order valence-corrected chi connectivity index (χ2v) is 9.31. The Morgan fingerprint density at radius 1 is 1.24 bits per heavy atom. The average Bonchev–Trinajstić information content (AvgIpc) is 3.50. The Bertz CT molecular complexity index is 734. The second-order valence-electron chi connectivity index (χ2n) is 7.25.